The maximum absolute atomic E-state index is 11.7. The smallest absolute Gasteiger partial charge is 0.339 e. The Balaban J connectivity index is 2.34. The Morgan fingerprint density at radius 1 is 1.28 bits per heavy atom. The minimum Gasteiger partial charge on any atom is -0.460 e. The molecule has 6 heteroatoms. The molecular weight excluding hydrogens is 276 g/mol. The molecule has 0 bridgehead atoms. The normalized spacial score (nSPS) is 10.4. The summed E-state index contributed by atoms with van der Waals surface area (Å²) in [6.07, 6.45) is 0. The number of hydrogen-bond acceptors (Lipinski definition) is 5. The van der Waals surface area contributed by atoms with Crippen molar-refractivity contribution in [1.29, 1.82) is 0 Å². The fourth-order valence-corrected chi connectivity index (χ4v) is 1.58. The van der Waals surface area contributed by atoms with Gasteiger partial charge < -0.3 is 14.2 Å². The Hall–Kier alpha value is -0.750. The van der Waals surface area contributed by atoms with Crippen LogP contribution in [0, 0.1) is 0 Å². The van der Waals surface area contributed by atoms with Gasteiger partial charge in [-0.3, -0.25) is 0 Å². The van der Waals surface area contributed by atoms with Crippen molar-refractivity contribution in [3.05, 3.63) is 28.8 Å². The molecule has 0 aliphatic rings. The topological polar surface area (TPSA) is 44.8 Å². The fourth-order valence-electron chi connectivity index (χ4n) is 1.19. The highest BCUT2D eigenvalue weighted by Gasteiger charge is 2.11. The van der Waals surface area contributed by atoms with Crippen LogP contribution in [0.5, 0.6) is 0 Å². The van der Waals surface area contributed by atoms with Crippen molar-refractivity contribution in [2.75, 3.05) is 33.5 Å². The molecule has 0 aliphatic heterocycles. The lowest BCUT2D eigenvalue weighted by Crippen LogP contribution is -2.13. The monoisotopic (exact) mass is 290 g/mol. The molecule has 0 fully saturated rings. The van der Waals surface area contributed by atoms with Gasteiger partial charge in [-0.05, 0) is 18.2 Å². The van der Waals surface area contributed by atoms with Crippen molar-refractivity contribution in [3.8, 4) is 0 Å². The predicted octanol–water partition coefficient (Wildman–Crippen LogP) is 2.45. The zero-order valence-corrected chi connectivity index (χ0v) is 11.7. The highest BCUT2D eigenvalue weighted by atomic mass is 35.5. The van der Waals surface area contributed by atoms with Gasteiger partial charge in [-0.1, -0.05) is 11.6 Å². The lowest BCUT2D eigenvalue weighted by atomic mass is 10.2. The predicted molar refractivity (Wildman–Crippen MR) is 71.7 cm³/mol. The number of esters is 1. The molecule has 0 spiro atoms. The number of hydrogen-bond donors (Lipinski definition) is 1. The number of carbonyl (C=O) groups is 1. The average Bonchev–Trinajstić information content (AvgIpc) is 2.36. The Bertz CT molecular complexity index is 398. The molecule has 100 valence electrons. The molecule has 0 amide bonds. The van der Waals surface area contributed by atoms with Crippen LogP contribution in [0.1, 0.15) is 10.4 Å². The number of thiol groups is 1. The number of carbonyl (C=O) groups excluding carboxylic acids is 1. The molecule has 0 aliphatic carbocycles. The van der Waals surface area contributed by atoms with E-state index in [-0.39, 0.29) is 6.61 Å². The molecule has 1 rings (SSSR count). The Morgan fingerprint density at radius 3 is 2.72 bits per heavy atom. The van der Waals surface area contributed by atoms with Crippen molar-refractivity contribution < 1.29 is 19.0 Å². The highest BCUT2D eigenvalue weighted by molar-refractivity contribution is 7.80. The standard InChI is InChI=1S/C12H15ClO4S/c1-15-4-5-16-6-7-17-12(14)10-8-9(18)2-3-11(10)13/h2-3,8,18H,4-7H2,1H3. The molecule has 4 nitrogen and oxygen atoms in total. The second-order valence-electron chi connectivity index (χ2n) is 3.41. The maximum Gasteiger partial charge on any atom is 0.339 e. The largest absolute Gasteiger partial charge is 0.460 e. The van der Waals surface area contributed by atoms with Crippen LogP contribution < -0.4 is 0 Å². The second-order valence-corrected chi connectivity index (χ2v) is 4.33. The minimum absolute atomic E-state index is 0.176. The van der Waals surface area contributed by atoms with Gasteiger partial charge in [0, 0.05) is 12.0 Å². The highest BCUT2D eigenvalue weighted by Crippen LogP contribution is 2.20. The van der Waals surface area contributed by atoms with E-state index in [1.54, 1.807) is 25.3 Å². The van der Waals surface area contributed by atoms with E-state index in [9.17, 15) is 4.79 Å². The summed E-state index contributed by atoms with van der Waals surface area (Å²) in [7, 11) is 1.59. The number of benzene rings is 1. The third kappa shape index (κ3) is 5.27. The molecule has 0 saturated carbocycles. The quantitative estimate of drug-likeness (QED) is 0.476. The van der Waals surface area contributed by atoms with E-state index in [1.807, 2.05) is 0 Å². The van der Waals surface area contributed by atoms with E-state index in [2.05, 4.69) is 12.6 Å². The second kappa shape index (κ2) is 8.37. The van der Waals surface area contributed by atoms with Crippen LogP contribution in [-0.2, 0) is 14.2 Å². The van der Waals surface area contributed by atoms with E-state index in [4.69, 9.17) is 25.8 Å². The van der Waals surface area contributed by atoms with Crippen molar-refractivity contribution in [3.63, 3.8) is 0 Å². The van der Waals surface area contributed by atoms with Gasteiger partial charge >= 0.3 is 5.97 Å². The van der Waals surface area contributed by atoms with Crippen LogP contribution >= 0.6 is 24.2 Å². The molecule has 0 saturated heterocycles. The van der Waals surface area contributed by atoms with Gasteiger partial charge in [-0.25, -0.2) is 4.79 Å². The zero-order chi connectivity index (χ0) is 13.4. The average molecular weight is 291 g/mol. The molecule has 0 heterocycles. The first-order valence-corrected chi connectivity index (χ1v) is 6.20. The molecule has 18 heavy (non-hydrogen) atoms. The first-order chi connectivity index (χ1) is 8.65. The van der Waals surface area contributed by atoms with Gasteiger partial charge in [-0.2, -0.15) is 0 Å². The zero-order valence-electron chi connectivity index (χ0n) is 10.0. The summed E-state index contributed by atoms with van der Waals surface area (Å²) in [5, 5.41) is 0.345. The van der Waals surface area contributed by atoms with Crippen LogP contribution in [0.4, 0.5) is 0 Å². The molecule has 1 aromatic rings. The van der Waals surface area contributed by atoms with E-state index in [0.717, 1.165) is 0 Å². The summed E-state index contributed by atoms with van der Waals surface area (Å²) in [6, 6.07) is 4.88. The first kappa shape index (κ1) is 15.3. The van der Waals surface area contributed by atoms with Crippen LogP contribution in [0.15, 0.2) is 23.1 Å². The van der Waals surface area contributed by atoms with E-state index < -0.39 is 5.97 Å². The van der Waals surface area contributed by atoms with E-state index >= 15 is 0 Å². The number of rotatable bonds is 7. The van der Waals surface area contributed by atoms with Crippen molar-refractivity contribution >= 4 is 30.2 Å². The van der Waals surface area contributed by atoms with Gasteiger partial charge in [0.15, 0.2) is 0 Å². The van der Waals surface area contributed by atoms with E-state index in [0.29, 0.717) is 35.3 Å². The molecule has 1 aromatic carbocycles. The summed E-state index contributed by atoms with van der Waals surface area (Å²) in [5.41, 5.74) is 0.307. The third-order valence-corrected chi connectivity index (χ3v) is 2.67. The summed E-state index contributed by atoms with van der Waals surface area (Å²) in [6.45, 7) is 1.49. The summed E-state index contributed by atoms with van der Waals surface area (Å²) in [4.78, 5) is 12.3. The lowest BCUT2D eigenvalue weighted by molar-refractivity contribution is 0.0213. The molecule has 0 aromatic heterocycles. The minimum atomic E-state index is -0.480. The van der Waals surface area contributed by atoms with Gasteiger partial charge in [-0.15, -0.1) is 12.6 Å². The molecule has 0 radical (unpaired) electrons. The van der Waals surface area contributed by atoms with Crippen LogP contribution in [0.2, 0.25) is 5.02 Å². The Kier molecular flexibility index (Phi) is 7.12. The van der Waals surface area contributed by atoms with Gasteiger partial charge in [0.05, 0.1) is 30.4 Å². The van der Waals surface area contributed by atoms with Crippen LogP contribution in [0.25, 0.3) is 0 Å². The summed E-state index contributed by atoms with van der Waals surface area (Å²) in [5.74, 6) is -0.480. The van der Waals surface area contributed by atoms with E-state index in [1.165, 1.54) is 0 Å². The fraction of sp³-hybridized carbons (Fsp3) is 0.417. The maximum atomic E-state index is 11.7. The van der Waals surface area contributed by atoms with Crippen molar-refractivity contribution in [1.82, 2.24) is 0 Å². The number of methoxy groups -OCH3 is 1. The lowest BCUT2D eigenvalue weighted by Gasteiger charge is -2.07. The van der Waals surface area contributed by atoms with Crippen LogP contribution in [-0.4, -0.2) is 39.5 Å². The first-order valence-electron chi connectivity index (χ1n) is 5.37. The summed E-state index contributed by atoms with van der Waals surface area (Å²) >= 11 is 10.0. The molecule has 0 N–H and O–H groups in total. The molecule has 0 unspecified atom stereocenters. The van der Waals surface area contributed by atoms with Crippen molar-refractivity contribution in [2.24, 2.45) is 0 Å². The van der Waals surface area contributed by atoms with Crippen LogP contribution in [0.3, 0.4) is 0 Å². The molecule has 0 atom stereocenters. The Labute approximate surface area is 117 Å². The Morgan fingerprint density at radius 2 is 2.00 bits per heavy atom. The van der Waals surface area contributed by atoms with Crippen molar-refractivity contribution in [2.45, 2.75) is 4.90 Å². The number of ether oxygens (including phenoxy) is 3. The third-order valence-electron chi connectivity index (χ3n) is 2.06. The van der Waals surface area contributed by atoms with Gasteiger partial charge in [0.1, 0.15) is 6.61 Å². The van der Waals surface area contributed by atoms with Gasteiger partial charge in [0.2, 0.25) is 0 Å². The van der Waals surface area contributed by atoms with Gasteiger partial charge in [0.25, 0.3) is 0 Å². The molecular formula is C12H15ClO4S. The summed E-state index contributed by atoms with van der Waals surface area (Å²) < 4.78 is 15.0. The SMILES string of the molecule is COCCOCCOC(=O)c1cc(S)ccc1Cl. The number of halogens is 1.